The van der Waals surface area contributed by atoms with E-state index in [0.29, 0.717) is 22.3 Å². The van der Waals surface area contributed by atoms with Crippen LogP contribution in [0.4, 0.5) is 0 Å². The summed E-state index contributed by atoms with van der Waals surface area (Å²) in [5, 5.41) is 5.37. The molecule has 0 N–H and O–H groups in total. The fraction of sp³-hybridized carbons (Fsp3) is 0.400. The lowest BCUT2D eigenvalue weighted by molar-refractivity contribution is 0.666. The normalized spacial score (nSPS) is 12.7. The number of hydrogen-bond acceptors (Lipinski definition) is 3. The third-order valence-electron chi connectivity index (χ3n) is 4.87. The lowest BCUT2D eigenvalue weighted by Crippen LogP contribution is -2.24. The Balaban J connectivity index is 2.26. The van der Waals surface area contributed by atoms with E-state index in [-0.39, 0.29) is 5.56 Å². The van der Waals surface area contributed by atoms with Crippen LogP contribution in [0.5, 0.6) is 0 Å². The first-order chi connectivity index (χ1) is 12.4. The average Bonchev–Trinajstić information content (AvgIpc) is 2.95. The SMILES string of the molecule is CCC[C@H](C)c1cc(C)n2nc(-c3ccc(SC)cc3Cl)n(C)c(=O)c12. The van der Waals surface area contributed by atoms with Crippen LogP contribution in [0.25, 0.3) is 16.9 Å². The maximum atomic E-state index is 13.2. The molecule has 0 aliphatic heterocycles. The summed E-state index contributed by atoms with van der Waals surface area (Å²) < 4.78 is 3.38. The Bertz CT molecular complexity index is 1020. The highest BCUT2D eigenvalue weighted by Gasteiger charge is 2.20. The standard InChI is InChI=1S/C20H24ClN3OS/c1-6-7-12(2)16-10-13(3)24-18(16)20(25)23(4)19(22-24)15-9-8-14(26-5)11-17(15)21/h8-12H,6-7H2,1-5H3/t12-/m0/s1. The summed E-state index contributed by atoms with van der Waals surface area (Å²) in [5.41, 5.74) is 3.45. The summed E-state index contributed by atoms with van der Waals surface area (Å²) in [7, 11) is 1.76. The van der Waals surface area contributed by atoms with E-state index in [1.807, 2.05) is 31.4 Å². The van der Waals surface area contributed by atoms with Gasteiger partial charge in [-0.05, 0) is 55.3 Å². The van der Waals surface area contributed by atoms with Crippen LogP contribution in [-0.2, 0) is 7.05 Å². The van der Waals surface area contributed by atoms with Crippen LogP contribution < -0.4 is 5.56 Å². The van der Waals surface area contributed by atoms with E-state index in [9.17, 15) is 4.79 Å². The Hall–Kier alpha value is -1.72. The van der Waals surface area contributed by atoms with E-state index >= 15 is 0 Å². The van der Waals surface area contributed by atoms with Gasteiger partial charge in [0.15, 0.2) is 5.82 Å². The van der Waals surface area contributed by atoms with Crippen molar-refractivity contribution in [2.24, 2.45) is 7.05 Å². The van der Waals surface area contributed by atoms with Crippen molar-refractivity contribution in [3.05, 3.63) is 50.9 Å². The van der Waals surface area contributed by atoms with Crippen molar-refractivity contribution < 1.29 is 0 Å². The Morgan fingerprint density at radius 3 is 2.65 bits per heavy atom. The van der Waals surface area contributed by atoms with Gasteiger partial charge in [0.2, 0.25) is 0 Å². The average molecular weight is 390 g/mol. The van der Waals surface area contributed by atoms with Crippen molar-refractivity contribution >= 4 is 28.9 Å². The molecule has 0 saturated heterocycles. The van der Waals surface area contributed by atoms with Crippen LogP contribution in [-0.4, -0.2) is 20.4 Å². The molecule has 0 bridgehead atoms. The van der Waals surface area contributed by atoms with Gasteiger partial charge in [0.1, 0.15) is 5.52 Å². The minimum Gasteiger partial charge on any atom is -0.292 e. The van der Waals surface area contributed by atoms with Crippen LogP contribution >= 0.6 is 23.4 Å². The summed E-state index contributed by atoms with van der Waals surface area (Å²) >= 11 is 8.11. The van der Waals surface area contributed by atoms with Gasteiger partial charge in [-0.15, -0.1) is 16.9 Å². The number of rotatable bonds is 5. The predicted octanol–water partition coefficient (Wildman–Crippen LogP) is 5.29. The first-order valence-electron chi connectivity index (χ1n) is 8.82. The smallest absolute Gasteiger partial charge is 0.278 e. The van der Waals surface area contributed by atoms with Crippen molar-refractivity contribution in [2.45, 2.75) is 44.4 Å². The zero-order chi connectivity index (χ0) is 19.0. The molecule has 0 unspecified atom stereocenters. The number of thioether (sulfide) groups is 1. The van der Waals surface area contributed by atoms with Gasteiger partial charge in [0.05, 0.1) is 5.02 Å². The largest absolute Gasteiger partial charge is 0.292 e. The Kier molecular flexibility index (Phi) is 5.49. The zero-order valence-electron chi connectivity index (χ0n) is 15.8. The topological polar surface area (TPSA) is 39.3 Å². The molecule has 3 rings (SSSR count). The monoisotopic (exact) mass is 389 g/mol. The van der Waals surface area contributed by atoms with Gasteiger partial charge in [-0.1, -0.05) is 31.9 Å². The highest BCUT2D eigenvalue weighted by Crippen LogP contribution is 2.31. The molecule has 26 heavy (non-hydrogen) atoms. The summed E-state index contributed by atoms with van der Waals surface area (Å²) in [6.07, 6.45) is 4.14. The first kappa shape index (κ1) is 19.1. The molecule has 0 spiro atoms. The maximum absolute atomic E-state index is 13.2. The van der Waals surface area contributed by atoms with E-state index in [0.717, 1.165) is 34.6 Å². The molecule has 4 nitrogen and oxygen atoms in total. The number of fused-ring (bicyclic) bond motifs is 1. The Morgan fingerprint density at radius 2 is 2.04 bits per heavy atom. The molecule has 0 aliphatic rings. The molecule has 0 saturated carbocycles. The molecule has 2 aromatic heterocycles. The van der Waals surface area contributed by atoms with E-state index < -0.39 is 0 Å². The highest BCUT2D eigenvalue weighted by molar-refractivity contribution is 7.98. The zero-order valence-corrected chi connectivity index (χ0v) is 17.4. The second-order valence-electron chi connectivity index (χ2n) is 6.72. The van der Waals surface area contributed by atoms with Crippen molar-refractivity contribution in [2.75, 3.05) is 6.26 Å². The molecule has 1 atom stereocenters. The minimum absolute atomic E-state index is 0.0361. The maximum Gasteiger partial charge on any atom is 0.278 e. The van der Waals surface area contributed by atoms with Gasteiger partial charge in [0.25, 0.3) is 5.56 Å². The van der Waals surface area contributed by atoms with Gasteiger partial charge in [-0.3, -0.25) is 9.36 Å². The molecule has 138 valence electrons. The number of benzene rings is 1. The number of halogens is 1. The number of aryl methyl sites for hydroxylation is 1. The van der Waals surface area contributed by atoms with Crippen LogP contribution in [0.2, 0.25) is 5.02 Å². The molecule has 0 amide bonds. The van der Waals surface area contributed by atoms with Crippen LogP contribution in [0.1, 0.15) is 43.9 Å². The van der Waals surface area contributed by atoms with Crippen LogP contribution in [0.15, 0.2) is 34.0 Å². The summed E-state index contributed by atoms with van der Waals surface area (Å²) in [4.78, 5) is 14.2. The van der Waals surface area contributed by atoms with E-state index in [4.69, 9.17) is 16.7 Å². The summed E-state index contributed by atoms with van der Waals surface area (Å²) in [6, 6.07) is 7.93. The van der Waals surface area contributed by atoms with Crippen molar-refractivity contribution in [3.8, 4) is 11.4 Å². The molecule has 0 fully saturated rings. The van der Waals surface area contributed by atoms with Crippen LogP contribution in [0, 0.1) is 6.92 Å². The quantitative estimate of drug-likeness (QED) is 0.557. The second-order valence-corrected chi connectivity index (χ2v) is 8.01. The molecule has 0 aliphatic carbocycles. The molecular weight excluding hydrogens is 366 g/mol. The third kappa shape index (κ3) is 3.19. The Labute approximate surface area is 163 Å². The molecule has 3 aromatic rings. The molecular formula is C20H24ClN3OS. The van der Waals surface area contributed by atoms with Gasteiger partial charge in [-0.2, -0.15) is 0 Å². The first-order valence-corrected chi connectivity index (χ1v) is 10.4. The fourth-order valence-electron chi connectivity index (χ4n) is 3.42. The second kappa shape index (κ2) is 7.49. The molecule has 2 heterocycles. The molecule has 6 heteroatoms. The predicted molar refractivity (Wildman–Crippen MR) is 111 cm³/mol. The van der Waals surface area contributed by atoms with Gasteiger partial charge < -0.3 is 0 Å². The number of aromatic nitrogens is 3. The fourth-order valence-corrected chi connectivity index (χ4v) is 4.19. The van der Waals surface area contributed by atoms with Gasteiger partial charge in [0, 0.05) is 23.2 Å². The highest BCUT2D eigenvalue weighted by atomic mass is 35.5. The Morgan fingerprint density at radius 1 is 1.31 bits per heavy atom. The van der Waals surface area contributed by atoms with E-state index in [1.54, 1.807) is 27.9 Å². The minimum atomic E-state index is -0.0361. The van der Waals surface area contributed by atoms with Crippen LogP contribution in [0.3, 0.4) is 0 Å². The molecule has 0 radical (unpaired) electrons. The van der Waals surface area contributed by atoms with Gasteiger partial charge in [-0.25, -0.2) is 4.52 Å². The number of hydrogen-bond donors (Lipinski definition) is 0. The van der Waals surface area contributed by atoms with E-state index in [2.05, 4.69) is 19.9 Å². The third-order valence-corrected chi connectivity index (χ3v) is 5.91. The summed E-state index contributed by atoms with van der Waals surface area (Å²) in [5.74, 6) is 0.905. The summed E-state index contributed by atoms with van der Waals surface area (Å²) in [6.45, 7) is 6.32. The lowest BCUT2D eigenvalue weighted by atomic mass is 9.97. The molecule has 1 aromatic carbocycles. The van der Waals surface area contributed by atoms with Crippen molar-refractivity contribution in [1.82, 2.24) is 14.2 Å². The van der Waals surface area contributed by atoms with Crippen molar-refractivity contribution in [1.29, 1.82) is 0 Å². The number of nitrogens with zero attached hydrogens (tertiary/aromatic N) is 3. The van der Waals surface area contributed by atoms with E-state index in [1.165, 1.54) is 0 Å². The lowest BCUT2D eigenvalue weighted by Gasteiger charge is -2.13. The van der Waals surface area contributed by atoms with Gasteiger partial charge >= 0.3 is 0 Å². The van der Waals surface area contributed by atoms with Crippen molar-refractivity contribution in [3.63, 3.8) is 0 Å².